The van der Waals surface area contributed by atoms with Crippen molar-refractivity contribution in [3.05, 3.63) is 70.2 Å². The van der Waals surface area contributed by atoms with Crippen LogP contribution in [0.5, 0.6) is 11.8 Å². The van der Waals surface area contributed by atoms with E-state index in [1.54, 1.807) is 19.5 Å². The molecule has 1 atom stereocenters. The first-order valence-corrected chi connectivity index (χ1v) is 14.5. The smallest absolute Gasteiger partial charge is 0.237 e. The number of benzene rings is 2. The second kappa shape index (κ2) is 14.7. The topological polar surface area (TPSA) is 153 Å². The number of methoxy groups -OCH3 is 2. The van der Waals surface area contributed by atoms with E-state index < -0.39 is 6.79 Å². The van der Waals surface area contributed by atoms with Gasteiger partial charge in [0.1, 0.15) is 11.4 Å². The van der Waals surface area contributed by atoms with Gasteiger partial charge in [0.05, 0.1) is 54.6 Å². The minimum absolute atomic E-state index is 0.0770. The zero-order chi connectivity index (χ0) is 31.1. The molecule has 1 aliphatic rings. The number of aromatic nitrogens is 4. The Kier molecular flexibility index (Phi) is 10.5. The Bertz CT molecular complexity index is 1640. The fourth-order valence-electron chi connectivity index (χ4n) is 4.86. The summed E-state index contributed by atoms with van der Waals surface area (Å²) in [5.41, 5.74) is 7.44. The molecule has 0 spiro atoms. The number of ether oxygens (including phenoxy) is 2. The lowest BCUT2D eigenvalue weighted by Gasteiger charge is -2.15. The number of aliphatic hydroxyl groups excluding tert-OH is 1. The van der Waals surface area contributed by atoms with Crippen LogP contribution in [0.2, 0.25) is 10.0 Å². The van der Waals surface area contributed by atoms with Crippen LogP contribution in [0.25, 0.3) is 33.6 Å². The number of hydroxylamine groups is 1. The summed E-state index contributed by atoms with van der Waals surface area (Å²) in [7, 11) is 3.03. The lowest BCUT2D eigenvalue weighted by molar-refractivity contribution is -0.119. The molecule has 1 fully saturated rings. The third-order valence-electron chi connectivity index (χ3n) is 7.02. The van der Waals surface area contributed by atoms with E-state index in [0.717, 1.165) is 6.42 Å². The van der Waals surface area contributed by atoms with E-state index in [1.807, 2.05) is 36.4 Å². The molecule has 44 heavy (non-hydrogen) atoms. The number of carbonyl (C=O) groups excluding carboxylic acids is 1. The summed E-state index contributed by atoms with van der Waals surface area (Å²) < 4.78 is 11.0. The quantitative estimate of drug-likeness (QED) is 0.0956. The Labute approximate surface area is 264 Å². The summed E-state index contributed by atoms with van der Waals surface area (Å²) in [5, 5.41) is 15.9. The van der Waals surface area contributed by atoms with Crippen LogP contribution < -0.4 is 25.6 Å². The van der Waals surface area contributed by atoms with Gasteiger partial charge in [-0.25, -0.2) is 9.97 Å². The average molecular weight is 641 g/mol. The Morgan fingerprint density at radius 2 is 1.43 bits per heavy atom. The maximum Gasteiger partial charge on any atom is 0.237 e. The summed E-state index contributed by atoms with van der Waals surface area (Å²) in [6, 6.07) is 11.3. The highest BCUT2D eigenvalue weighted by Gasteiger charge is 2.21. The van der Waals surface area contributed by atoms with Gasteiger partial charge in [-0.05, 0) is 6.42 Å². The lowest BCUT2D eigenvalue weighted by atomic mass is 9.98. The molecule has 2 aromatic heterocycles. The number of nitrogens with one attached hydrogen (secondary N) is 3. The van der Waals surface area contributed by atoms with Crippen LogP contribution in [0.4, 0.5) is 0 Å². The number of hydrogen-bond donors (Lipinski definition) is 4. The van der Waals surface area contributed by atoms with Gasteiger partial charge in [0.2, 0.25) is 17.7 Å². The summed E-state index contributed by atoms with van der Waals surface area (Å²) in [5.74, 6) is 0.740. The monoisotopic (exact) mass is 639 g/mol. The summed E-state index contributed by atoms with van der Waals surface area (Å²) in [6.45, 7) is 0.760. The third-order valence-corrected chi connectivity index (χ3v) is 7.84. The third kappa shape index (κ3) is 7.07. The van der Waals surface area contributed by atoms with Crippen LogP contribution in [0.1, 0.15) is 24.2 Å². The highest BCUT2D eigenvalue weighted by Crippen LogP contribution is 2.42. The SMILES string of the molecule is COc1nc(-c2cccc(-c3cccc(-c4cnc(CNOCO)c(OC)n4)c3Cl)c2Cl)cnc1CNC[C@@H]1CCC(=O)N1. The van der Waals surface area contributed by atoms with E-state index in [9.17, 15) is 4.79 Å². The molecule has 0 aliphatic carbocycles. The molecule has 4 N–H and O–H groups in total. The van der Waals surface area contributed by atoms with Gasteiger partial charge >= 0.3 is 0 Å². The van der Waals surface area contributed by atoms with Gasteiger partial charge in [0, 0.05) is 47.8 Å². The van der Waals surface area contributed by atoms with E-state index in [2.05, 4.69) is 36.0 Å². The van der Waals surface area contributed by atoms with E-state index in [4.69, 9.17) is 42.6 Å². The summed E-state index contributed by atoms with van der Waals surface area (Å²) in [4.78, 5) is 34.5. The maximum absolute atomic E-state index is 11.5. The summed E-state index contributed by atoms with van der Waals surface area (Å²) in [6.07, 6.45) is 4.60. The summed E-state index contributed by atoms with van der Waals surface area (Å²) >= 11 is 13.9. The van der Waals surface area contributed by atoms with E-state index >= 15 is 0 Å². The van der Waals surface area contributed by atoms with Crippen LogP contribution in [0, 0.1) is 0 Å². The highest BCUT2D eigenvalue weighted by molar-refractivity contribution is 6.39. The standard InChI is InChI=1S/C30H31Cl2N7O5/c1-42-29-24(12-33-11-17-9-10-26(41)37-17)34-13-22(38-29)20-7-3-5-18(27(20)31)19-6-4-8-21(28(19)32)23-14-35-25(15-36-44-16-40)30(39-23)43-2/h3-8,13-14,17,33,36,40H,9-12,15-16H2,1-2H3,(H,37,41)/t17-/m0/s1. The van der Waals surface area contributed by atoms with E-state index in [0.29, 0.717) is 80.5 Å². The van der Waals surface area contributed by atoms with Gasteiger partial charge in [0.15, 0.2) is 6.79 Å². The fourth-order valence-corrected chi connectivity index (χ4v) is 5.51. The van der Waals surface area contributed by atoms with Crippen LogP contribution in [-0.2, 0) is 22.7 Å². The second-order valence-corrected chi connectivity index (χ2v) is 10.5. The first-order chi connectivity index (χ1) is 21.4. The van der Waals surface area contributed by atoms with Crippen LogP contribution in [-0.4, -0.2) is 64.5 Å². The highest BCUT2D eigenvalue weighted by atomic mass is 35.5. The van der Waals surface area contributed by atoms with Crippen molar-refractivity contribution in [2.75, 3.05) is 27.6 Å². The molecule has 1 saturated heterocycles. The molecule has 5 rings (SSSR count). The molecule has 1 aliphatic heterocycles. The zero-order valence-corrected chi connectivity index (χ0v) is 25.6. The fraction of sp³-hybridized carbons (Fsp3) is 0.300. The van der Waals surface area contributed by atoms with E-state index in [1.165, 1.54) is 7.11 Å². The number of aliphatic hydroxyl groups is 1. The Morgan fingerprint density at radius 1 is 0.886 bits per heavy atom. The Balaban J connectivity index is 1.40. The van der Waals surface area contributed by atoms with Crippen LogP contribution in [0.15, 0.2) is 48.8 Å². The number of nitrogens with zero attached hydrogens (tertiary/aromatic N) is 4. The molecule has 0 bridgehead atoms. The van der Waals surface area contributed by atoms with Crippen molar-refractivity contribution < 1.29 is 24.2 Å². The predicted octanol–water partition coefficient (Wildman–Crippen LogP) is 3.93. The van der Waals surface area contributed by atoms with Gasteiger partial charge in [-0.15, -0.1) is 0 Å². The molecular formula is C30H31Cl2N7O5. The van der Waals surface area contributed by atoms with Crippen molar-refractivity contribution >= 4 is 29.1 Å². The number of hydrogen-bond acceptors (Lipinski definition) is 11. The first kappa shape index (κ1) is 31.5. The number of carbonyl (C=O) groups is 1. The van der Waals surface area contributed by atoms with Gasteiger partial charge in [-0.2, -0.15) is 5.48 Å². The van der Waals surface area contributed by atoms with Crippen molar-refractivity contribution in [1.29, 1.82) is 0 Å². The predicted molar refractivity (Wildman–Crippen MR) is 165 cm³/mol. The number of amides is 1. The minimum atomic E-state index is -0.480. The van der Waals surface area contributed by atoms with Gasteiger partial charge in [-0.3, -0.25) is 19.6 Å². The van der Waals surface area contributed by atoms with Crippen LogP contribution >= 0.6 is 23.2 Å². The molecule has 230 valence electrons. The molecule has 1 amide bonds. The Hall–Kier alpha value is -3.91. The average Bonchev–Trinajstić information content (AvgIpc) is 3.46. The molecule has 2 aromatic carbocycles. The molecule has 0 saturated carbocycles. The first-order valence-electron chi connectivity index (χ1n) is 13.8. The normalized spacial score (nSPS) is 14.5. The van der Waals surface area contributed by atoms with Crippen molar-refractivity contribution in [1.82, 2.24) is 36.0 Å². The van der Waals surface area contributed by atoms with Crippen molar-refractivity contribution in [2.45, 2.75) is 32.0 Å². The van der Waals surface area contributed by atoms with Crippen molar-refractivity contribution in [3.63, 3.8) is 0 Å². The maximum atomic E-state index is 11.5. The number of rotatable bonds is 13. The van der Waals surface area contributed by atoms with Gasteiger partial charge in [-0.1, -0.05) is 59.6 Å². The molecule has 3 heterocycles. The molecular weight excluding hydrogens is 609 g/mol. The number of halogens is 2. The molecule has 0 unspecified atom stereocenters. The zero-order valence-electron chi connectivity index (χ0n) is 24.1. The minimum Gasteiger partial charge on any atom is -0.480 e. The molecule has 12 nitrogen and oxygen atoms in total. The van der Waals surface area contributed by atoms with Gasteiger partial charge in [0.25, 0.3) is 0 Å². The van der Waals surface area contributed by atoms with E-state index in [-0.39, 0.29) is 24.4 Å². The lowest BCUT2D eigenvalue weighted by Crippen LogP contribution is -2.35. The van der Waals surface area contributed by atoms with Crippen LogP contribution in [0.3, 0.4) is 0 Å². The Morgan fingerprint density at radius 3 is 1.93 bits per heavy atom. The molecule has 0 radical (unpaired) electrons. The van der Waals surface area contributed by atoms with Crippen molar-refractivity contribution in [3.8, 4) is 45.4 Å². The molecule has 4 aromatic rings. The largest absolute Gasteiger partial charge is 0.480 e. The second-order valence-electron chi connectivity index (χ2n) is 9.79. The molecule has 14 heteroatoms. The van der Waals surface area contributed by atoms with Crippen molar-refractivity contribution in [2.24, 2.45) is 0 Å². The van der Waals surface area contributed by atoms with Gasteiger partial charge < -0.3 is 25.2 Å².